The van der Waals surface area contributed by atoms with Crippen molar-refractivity contribution in [2.24, 2.45) is 10.9 Å². The minimum absolute atomic E-state index is 0.107. The molecular weight excluding hydrogens is 412 g/mol. The molecule has 30 heavy (non-hydrogen) atoms. The van der Waals surface area contributed by atoms with Crippen LogP contribution in [0.25, 0.3) is 0 Å². The maximum atomic E-state index is 14.1. The lowest BCUT2D eigenvalue weighted by atomic mass is 9.83. The summed E-state index contributed by atoms with van der Waals surface area (Å²) in [6.45, 7) is 8.33. The molecular formula is C25H27ClN2OS. The van der Waals surface area contributed by atoms with E-state index in [-0.39, 0.29) is 11.8 Å². The molecule has 2 aromatic carbocycles. The van der Waals surface area contributed by atoms with E-state index in [9.17, 15) is 4.79 Å². The minimum atomic E-state index is -0.520. The summed E-state index contributed by atoms with van der Waals surface area (Å²) < 4.78 is 0. The molecule has 1 aliphatic heterocycles. The zero-order valence-electron chi connectivity index (χ0n) is 17.5. The molecule has 5 heteroatoms. The Morgan fingerprint density at radius 3 is 2.43 bits per heavy atom. The number of hydrogen-bond donors (Lipinski definition) is 0. The first-order valence-corrected chi connectivity index (χ1v) is 11.7. The van der Waals surface area contributed by atoms with Crippen molar-refractivity contribution < 1.29 is 4.79 Å². The van der Waals surface area contributed by atoms with Crippen LogP contribution in [0, 0.1) is 5.92 Å². The minimum Gasteiger partial charge on any atom is -0.280 e. The van der Waals surface area contributed by atoms with Crippen LogP contribution < -0.4 is 0 Å². The van der Waals surface area contributed by atoms with Gasteiger partial charge in [0.1, 0.15) is 0 Å². The molecule has 1 aliphatic carbocycles. The Bertz CT molecular complexity index is 980. The van der Waals surface area contributed by atoms with E-state index in [4.69, 9.17) is 16.6 Å². The van der Waals surface area contributed by atoms with Gasteiger partial charge in [0.05, 0.1) is 22.2 Å². The molecule has 1 saturated heterocycles. The molecule has 4 rings (SSSR count). The average molecular weight is 439 g/mol. The van der Waals surface area contributed by atoms with E-state index in [0.29, 0.717) is 21.8 Å². The van der Waals surface area contributed by atoms with Gasteiger partial charge in [-0.2, -0.15) is 0 Å². The number of aliphatic imine (C=N–C) groups is 1. The van der Waals surface area contributed by atoms with Crippen LogP contribution in [0.4, 0.5) is 5.69 Å². The van der Waals surface area contributed by atoms with Crippen LogP contribution >= 0.6 is 23.4 Å². The summed E-state index contributed by atoms with van der Waals surface area (Å²) in [5.74, 6) is 0.294. The van der Waals surface area contributed by atoms with Crippen molar-refractivity contribution in [3.05, 3.63) is 76.7 Å². The highest BCUT2D eigenvalue weighted by molar-refractivity contribution is 8.17. The molecule has 0 N–H and O–H groups in total. The molecule has 1 unspecified atom stereocenters. The first-order chi connectivity index (χ1) is 14.4. The predicted molar refractivity (Wildman–Crippen MR) is 127 cm³/mol. The Balaban J connectivity index is 1.78. The number of benzene rings is 2. The highest BCUT2D eigenvalue weighted by Gasteiger charge is 2.48. The fourth-order valence-electron chi connectivity index (χ4n) is 4.44. The average Bonchev–Trinajstić information content (AvgIpc) is 3.31. The molecule has 2 aliphatic rings. The maximum absolute atomic E-state index is 14.1. The van der Waals surface area contributed by atoms with Crippen LogP contribution in [0.2, 0.25) is 5.02 Å². The van der Waals surface area contributed by atoms with Gasteiger partial charge < -0.3 is 0 Å². The molecule has 1 heterocycles. The van der Waals surface area contributed by atoms with Gasteiger partial charge in [-0.15, -0.1) is 0 Å². The SMILES string of the molecule is C=C1SC(=Nc2ccccc2Cl)N(C(=O)C(c2ccccc2)C2CCCC2)C1(C)C. The maximum Gasteiger partial charge on any atom is 0.237 e. The van der Waals surface area contributed by atoms with E-state index in [1.807, 2.05) is 61.2 Å². The monoisotopic (exact) mass is 438 g/mol. The van der Waals surface area contributed by atoms with Crippen LogP contribution in [0.3, 0.4) is 0 Å². The van der Waals surface area contributed by atoms with E-state index >= 15 is 0 Å². The van der Waals surface area contributed by atoms with Crippen molar-refractivity contribution >= 4 is 40.1 Å². The third-order valence-electron chi connectivity index (χ3n) is 6.23. The van der Waals surface area contributed by atoms with Crippen LogP contribution in [-0.4, -0.2) is 21.5 Å². The highest BCUT2D eigenvalue weighted by Crippen LogP contribution is 2.47. The summed E-state index contributed by atoms with van der Waals surface area (Å²) in [4.78, 5) is 21.7. The molecule has 3 nitrogen and oxygen atoms in total. The van der Waals surface area contributed by atoms with E-state index < -0.39 is 5.54 Å². The molecule has 156 valence electrons. The molecule has 1 atom stereocenters. The largest absolute Gasteiger partial charge is 0.280 e. The summed E-state index contributed by atoms with van der Waals surface area (Å²) in [5.41, 5.74) is 1.24. The van der Waals surface area contributed by atoms with Crippen LogP contribution in [0.5, 0.6) is 0 Å². The van der Waals surface area contributed by atoms with Crippen molar-refractivity contribution in [1.29, 1.82) is 0 Å². The fraction of sp³-hybridized carbons (Fsp3) is 0.360. The second kappa shape index (κ2) is 8.60. The summed E-state index contributed by atoms with van der Waals surface area (Å²) >= 11 is 7.83. The molecule has 0 bridgehead atoms. The van der Waals surface area contributed by atoms with Gasteiger partial charge in [-0.3, -0.25) is 9.69 Å². The Kier molecular flexibility index (Phi) is 6.08. The summed E-state index contributed by atoms with van der Waals surface area (Å²) in [5, 5.41) is 1.23. The number of thioether (sulfide) groups is 1. The molecule has 0 spiro atoms. The van der Waals surface area contributed by atoms with Gasteiger partial charge in [-0.1, -0.05) is 85.2 Å². The summed E-state index contributed by atoms with van der Waals surface area (Å²) in [6, 6.07) is 17.7. The van der Waals surface area contributed by atoms with E-state index in [1.165, 1.54) is 24.6 Å². The van der Waals surface area contributed by atoms with Crippen molar-refractivity contribution in [2.75, 3.05) is 0 Å². The predicted octanol–water partition coefficient (Wildman–Crippen LogP) is 7.17. The highest BCUT2D eigenvalue weighted by atomic mass is 35.5. The van der Waals surface area contributed by atoms with E-state index in [2.05, 4.69) is 18.7 Å². The fourth-order valence-corrected chi connectivity index (χ4v) is 5.73. The summed E-state index contributed by atoms with van der Waals surface area (Å²) in [7, 11) is 0. The Labute approximate surface area is 188 Å². The van der Waals surface area contributed by atoms with Gasteiger partial charge in [-0.25, -0.2) is 4.99 Å². The van der Waals surface area contributed by atoms with Crippen molar-refractivity contribution in [3.63, 3.8) is 0 Å². The first-order valence-electron chi connectivity index (χ1n) is 10.5. The summed E-state index contributed by atoms with van der Waals surface area (Å²) in [6.07, 6.45) is 4.55. The van der Waals surface area contributed by atoms with Crippen molar-refractivity contribution in [2.45, 2.75) is 51.0 Å². The number of carbonyl (C=O) groups is 1. The molecule has 0 aromatic heterocycles. The zero-order valence-corrected chi connectivity index (χ0v) is 19.0. The zero-order chi connectivity index (χ0) is 21.3. The number of para-hydroxylation sites is 1. The van der Waals surface area contributed by atoms with Crippen LogP contribution in [0.1, 0.15) is 51.0 Å². The van der Waals surface area contributed by atoms with Crippen molar-refractivity contribution in [3.8, 4) is 0 Å². The van der Waals surface area contributed by atoms with Gasteiger partial charge >= 0.3 is 0 Å². The Morgan fingerprint density at radius 2 is 1.77 bits per heavy atom. The van der Waals surface area contributed by atoms with Crippen LogP contribution in [-0.2, 0) is 4.79 Å². The van der Waals surface area contributed by atoms with Gasteiger partial charge in [0.15, 0.2) is 5.17 Å². The first kappa shape index (κ1) is 21.2. The molecule has 2 aromatic rings. The molecule has 1 amide bonds. The van der Waals surface area contributed by atoms with Gasteiger partial charge in [0.2, 0.25) is 5.91 Å². The number of nitrogens with zero attached hydrogens (tertiary/aromatic N) is 2. The topological polar surface area (TPSA) is 32.7 Å². The lowest BCUT2D eigenvalue weighted by Gasteiger charge is -2.35. The van der Waals surface area contributed by atoms with Crippen molar-refractivity contribution in [1.82, 2.24) is 4.90 Å². The third-order valence-corrected chi connectivity index (χ3v) is 7.75. The number of rotatable bonds is 4. The molecule has 2 fully saturated rings. The second-order valence-corrected chi connectivity index (χ2v) is 10.0. The number of amides is 1. The molecule has 0 radical (unpaired) electrons. The normalized spacial score (nSPS) is 21.4. The standard InChI is InChI=1S/C25H27ClN2OS/c1-17-25(2,3)28(24(30-17)27-21-16-10-9-15-20(21)26)23(29)22(19-13-7-8-14-19)18-11-5-4-6-12-18/h4-6,9-12,15-16,19,22H,1,7-8,13-14H2,2-3H3. The van der Waals surface area contributed by atoms with Crippen LogP contribution in [0.15, 0.2) is 71.1 Å². The number of amidine groups is 1. The van der Waals surface area contributed by atoms with E-state index in [1.54, 1.807) is 0 Å². The second-order valence-electron chi connectivity index (χ2n) is 8.54. The third kappa shape index (κ3) is 3.95. The van der Waals surface area contributed by atoms with Gasteiger partial charge in [0.25, 0.3) is 0 Å². The van der Waals surface area contributed by atoms with Gasteiger partial charge in [-0.05, 0) is 50.3 Å². The van der Waals surface area contributed by atoms with Gasteiger partial charge in [0, 0.05) is 4.91 Å². The lowest BCUT2D eigenvalue weighted by molar-refractivity contribution is -0.132. The lowest BCUT2D eigenvalue weighted by Crippen LogP contribution is -2.48. The number of hydrogen-bond acceptors (Lipinski definition) is 3. The number of halogens is 1. The smallest absolute Gasteiger partial charge is 0.237 e. The number of carbonyl (C=O) groups excluding carboxylic acids is 1. The quantitative estimate of drug-likeness (QED) is 0.506. The Hall–Kier alpha value is -2.04. The molecule has 1 saturated carbocycles. The van der Waals surface area contributed by atoms with E-state index in [0.717, 1.165) is 23.3 Å². The Morgan fingerprint density at radius 1 is 1.13 bits per heavy atom.